The van der Waals surface area contributed by atoms with Gasteiger partial charge in [0.05, 0.1) is 12.2 Å². The van der Waals surface area contributed by atoms with Gasteiger partial charge in [-0.25, -0.2) is 9.97 Å². The Bertz CT molecular complexity index is 474. The van der Waals surface area contributed by atoms with Crippen LogP contribution in [0.1, 0.15) is 23.9 Å². The van der Waals surface area contributed by atoms with Crippen molar-refractivity contribution in [1.82, 2.24) is 20.2 Å². The molecular formula is C13H21N5O. The standard InChI is InChI=1S/C13H21N5O/c1-14-7-11-15-10(6-12(16-11)17(2)3)9-5-13(19)18(4)8-9/h6,9,14H,5,7-8H2,1-4H3/t9-/m1/s1. The van der Waals surface area contributed by atoms with E-state index >= 15 is 0 Å². The smallest absolute Gasteiger partial charge is 0.223 e. The zero-order valence-corrected chi connectivity index (χ0v) is 12.0. The molecule has 2 heterocycles. The highest BCUT2D eigenvalue weighted by Crippen LogP contribution is 2.27. The number of hydrogen-bond donors (Lipinski definition) is 1. The molecule has 1 fully saturated rings. The molecule has 1 saturated heterocycles. The zero-order chi connectivity index (χ0) is 14.0. The van der Waals surface area contributed by atoms with Crippen molar-refractivity contribution in [2.75, 3.05) is 39.6 Å². The van der Waals surface area contributed by atoms with Crippen LogP contribution in [0.2, 0.25) is 0 Å². The monoisotopic (exact) mass is 263 g/mol. The van der Waals surface area contributed by atoms with Crippen LogP contribution < -0.4 is 10.2 Å². The second-order valence-corrected chi connectivity index (χ2v) is 5.17. The van der Waals surface area contributed by atoms with Gasteiger partial charge in [-0.3, -0.25) is 4.79 Å². The number of carbonyl (C=O) groups is 1. The fraction of sp³-hybridized carbons (Fsp3) is 0.615. The van der Waals surface area contributed by atoms with Crippen LogP contribution in [-0.2, 0) is 11.3 Å². The van der Waals surface area contributed by atoms with Crippen molar-refractivity contribution in [3.63, 3.8) is 0 Å². The van der Waals surface area contributed by atoms with E-state index in [-0.39, 0.29) is 11.8 Å². The van der Waals surface area contributed by atoms with E-state index in [0.717, 1.165) is 23.9 Å². The van der Waals surface area contributed by atoms with Crippen LogP contribution in [0.4, 0.5) is 5.82 Å². The Morgan fingerprint density at radius 1 is 1.47 bits per heavy atom. The number of aromatic nitrogens is 2. The molecule has 1 aliphatic heterocycles. The van der Waals surface area contributed by atoms with Crippen molar-refractivity contribution in [1.29, 1.82) is 0 Å². The summed E-state index contributed by atoms with van der Waals surface area (Å²) in [6, 6.07) is 1.98. The highest BCUT2D eigenvalue weighted by atomic mass is 16.2. The molecule has 1 aromatic heterocycles. The van der Waals surface area contributed by atoms with Gasteiger partial charge in [0.1, 0.15) is 11.6 Å². The van der Waals surface area contributed by atoms with Crippen LogP contribution >= 0.6 is 0 Å². The first-order chi connectivity index (χ1) is 9.01. The van der Waals surface area contributed by atoms with E-state index in [4.69, 9.17) is 0 Å². The highest BCUT2D eigenvalue weighted by Gasteiger charge is 2.29. The molecule has 0 saturated carbocycles. The fourth-order valence-electron chi connectivity index (χ4n) is 2.24. The van der Waals surface area contributed by atoms with Crippen LogP contribution in [0.3, 0.4) is 0 Å². The maximum Gasteiger partial charge on any atom is 0.223 e. The molecular weight excluding hydrogens is 242 g/mol. The first-order valence-electron chi connectivity index (χ1n) is 6.45. The maximum absolute atomic E-state index is 11.6. The van der Waals surface area contributed by atoms with Crippen LogP contribution in [0.15, 0.2) is 6.07 Å². The van der Waals surface area contributed by atoms with E-state index in [1.54, 1.807) is 4.90 Å². The van der Waals surface area contributed by atoms with Gasteiger partial charge in [-0.05, 0) is 7.05 Å². The lowest BCUT2D eigenvalue weighted by Crippen LogP contribution is -2.20. The Labute approximate surface area is 113 Å². The molecule has 6 heteroatoms. The summed E-state index contributed by atoms with van der Waals surface area (Å²) in [4.78, 5) is 24.4. The Kier molecular flexibility index (Phi) is 3.99. The number of nitrogens with zero attached hydrogens (tertiary/aromatic N) is 4. The summed E-state index contributed by atoms with van der Waals surface area (Å²) in [5, 5.41) is 3.06. The maximum atomic E-state index is 11.6. The quantitative estimate of drug-likeness (QED) is 0.841. The summed E-state index contributed by atoms with van der Waals surface area (Å²) in [5.41, 5.74) is 0.960. The number of nitrogens with one attached hydrogen (secondary N) is 1. The largest absolute Gasteiger partial charge is 0.363 e. The van der Waals surface area contributed by atoms with Gasteiger partial charge in [-0.15, -0.1) is 0 Å². The van der Waals surface area contributed by atoms with Crippen molar-refractivity contribution in [2.24, 2.45) is 0 Å². The summed E-state index contributed by atoms with van der Waals surface area (Å²) in [6.07, 6.45) is 0.541. The molecule has 0 aromatic carbocycles. The number of amides is 1. The number of rotatable bonds is 4. The van der Waals surface area contributed by atoms with E-state index in [1.165, 1.54) is 0 Å². The van der Waals surface area contributed by atoms with E-state index in [0.29, 0.717) is 13.0 Å². The van der Waals surface area contributed by atoms with E-state index < -0.39 is 0 Å². The Hall–Kier alpha value is -1.69. The van der Waals surface area contributed by atoms with Crippen molar-refractivity contribution in [2.45, 2.75) is 18.9 Å². The van der Waals surface area contributed by atoms with Crippen molar-refractivity contribution in [3.8, 4) is 0 Å². The van der Waals surface area contributed by atoms with Crippen molar-refractivity contribution >= 4 is 11.7 Å². The van der Waals surface area contributed by atoms with Gasteiger partial charge >= 0.3 is 0 Å². The number of carbonyl (C=O) groups excluding carboxylic acids is 1. The minimum absolute atomic E-state index is 0.176. The van der Waals surface area contributed by atoms with Crippen LogP contribution in [-0.4, -0.2) is 55.5 Å². The summed E-state index contributed by atoms with van der Waals surface area (Å²) in [5.74, 6) is 2.02. The van der Waals surface area contributed by atoms with Crippen LogP contribution in [0.5, 0.6) is 0 Å². The lowest BCUT2D eigenvalue weighted by Gasteiger charge is -2.16. The molecule has 1 N–H and O–H groups in total. The van der Waals surface area contributed by atoms with Crippen molar-refractivity contribution < 1.29 is 4.79 Å². The number of anilines is 1. The first kappa shape index (κ1) is 13.7. The summed E-state index contributed by atoms with van der Waals surface area (Å²) >= 11 is 0. The number of likely N-dealkylation sites (tertiary alicyclic amines) is 1. The Morgan fingerprint density at radius 2 is 2.21 bits per heavy atom. The molecule has 19 heavy (non-hydrogen) atoms. The lowest BCUT2D eigenvalue weighted by molar-refractivity contribution is -0.126. The Balaban J connectivity index is 2.31. The predicted octanol–water partition coefficient (Wildman–Crippen LogP) is 0.208. The summed E-state index contributed by atoms with van der Waals surface area (Å²) in [6.45, 7) is 1.37. The predicted molar refractivity (Wildman–Crippen MR) is 74.1 cm³/mol. The highest BCUT2D eigenvalue weighted by molar-refractivity contribution is 5.79. The molecule has 0 spiro atoms. The lowest BCUT2D eigenvalue weighted by atomic mass is 10.0. The third-order valence-electron chi connectivity index (χ3n) is 3.33. The minimum Gasteiger partial charge on any atom is -0.363 e. The molecule has 1 aliphatic rings. The molecule has 1 aromatic rings. The third kappa shape index (κ3) is 3.01. The second kappa shape index (κ2) is 5.52. The number of likely N-dealkylation sites (N-methyl/N-ethyl adjacent to an activating group) is 1. The number of hydrogen-bond acceptors (Lipinski definition) is 5. The summed E-state index contributed by atoms with van der Waals surface area (Å²) < 4.78 is 0. The second-order valence-electron chi connectivity index (χ2n) is 5.17. The minimum atomic E-state index is 0.176. The fourth-order valence-corrected chi connectivity index (χ4v) is 2.24. The average Bonchev–Trinajstić information content (AvgIpc) is 2.70. The van der Waals surface area contributed by atoms with Gasteiger partial charge < -0.3 is 15.1 Å². The first-order valence-corrected chi connectivity index (χ1v) is 6.45. The SMILES string of the molecule is CNCc1nc([C@@H]2CC(=O)N(C)C2)cc(N(C)C)n1. The third-order valence-corrected chi connectivity index (χ3v) is 3.33. The zero-order valence-electron chi connectivity index (χ0n) is 12.0. The molecule has 0 aliphatic carbocycles. The average molecular weight is 263 g/mol. The van der Waals surface area contributed by atoms with Gasteiger partial charge in [0.2, 0.25) is 5.91 Å². The molecule has 2 rings (SSSR count). The van der Waals surface area contributed by atoms with Gasteiger partial charge in [0.15, 0.2) is 0 Å². The molecule has 0 bridgehead atoms. The van der Waals surface area contributed by atoms with E-state index in [9.17, 15) is 4.79 Å². The molecule has 1 atom stereocenters. The Morgan fingerprint density at radius 3 is 2.74 bits per heavy atom. The van der Waals surface area contributed by atoms with E-state index in [2.05, 4.69) is 15.3 Å². The van der Waals surface area contributed by atoms with Gasteiger partial charge in [-0.2, -0.15) is 0 Å². The molecule has 0 unspecified atom stereocenters. The molecule has 104 valence electrons. The molecule has 6 nitrogen and oxygen atoms in total. The molecule has 1 amide bonds. The van der Waals surface area contributed by atoms with Gasteiger partial charge in [-0.1, -0.05) is 0 Å². The topological polar surface area (TPSA) is 61.4 Å². The van der Waals surface area contributed by atoms with Crippen LogP contribution in [0, 0.1) is 0 Å². The summed E-state index contributed by atoms with van der Waals surface area (Å²) in [7, 11) is 7.63. The van der Waals surface area contributed by atoms with Gasteiger partial charge in [0.25, 0.3) is 0 Å². The normalized spacial score (nSPS) is 19.1. The van der Waals surface area contributed by atoms with Crippen molar-refractivity contribution in [3.05, 3.63) is 17.6 Å². The van der Waals surface area contributed by atoms with Gasteiger partial charge in [0, 0.05) is 46.1 Å². The van der Waals surface area contributed by atoms with E-state index in [1.807, 2.05) is 39.2 Å². The molecule has 0 radical (unpaired) electrons. The van der Waals surface area contributed by atoms with Crippen LogP contribution in [0.25, 0.3) is 0 Å².